The van der Waals surface area contributed by atoms with E-state index in [1.54, 1.807) is 13.0 Å². The van der Waals surface area contributed by atoms with Crippen molar-refractivity contribution in [2.24, 2.45) is 0 Å². The number of hydrogen-bond acceptors (Lipinski definition) is 6. The molecule has 2 amide bonds. The molecular formula is C21H16Cl2FN5O3. The summed E-state index contributed by atoms with van der Waals surface area (Å²) in [6, 6.07) is 4.88. The summed E-state index contributed by atoms with van der Waals surface area (Å²) in [5, 5.41) is 3.13. The van der Waals surface area contributed by atoms with Gasteiger partial charge in [0.05, 0.1) is 21.9 Å². The minimum absolute atomic E-state index is 0.137. The summed E-state index contributed by atoms with van der Waals surface area (Å²) in [5.74, 6) is -1.10. The lowest BCUT2D eigenvalue weighted by Gasteiger charge is -2.19. The second kappa shape index (κ2) is 8.68. The van der Waals surface area contributed by atoms with Gasteiger partial charge in [-0.25, -0.2) is 19.3 Å². The summed E-state index contributed by atoms with van der Waals surface area (Å²) < 4.78 is 19.3. The van der Waals surface area contributed by atoms with Crippen molar-refractivity contribution in [2.45, 2.75) is 13.0 Å². The number of aromatic nitrogens is 3. The van der Waals surface area contributed by atoms with Crippen LogP contribution in [0.3, 0.4) is 0 Å². The van der Waals surface area contributed by atoms with Gasteiger partial charge in [-0.1, -0.05) is 23.2 Å². The Kier molecular flexibility index (Phi) is 5.94. The first-order chi connectivity index (χ1) is 15.2. The van der Waals surface area contributed by atoms with Gasteiger partial charge < -0.3 is 10.1 Å². The van der Waals surface area contributed by atoms with E-state index in [0.29, 0.717) is 21.9 Å². The average Bonchev–Trinajstić information content (AvgIpc) is 2.88. The Bertz CT molecular complexity index is 1240. The quantitative estimate of drug-likeness (QED) is 0.622. The number of benzene rings is 1. The van der Waals surface area contributed by atoms with Gasteiger partial charge in [0.15, 0.2) is 11.6 Å². The van der Waals surface area contributed by atoms with Crippen LogP contribution in [0, 0.1) is 12.7 Å². The van der Waals surface area contributed by atoms with Gasteiger partial charge in [-0.3, -0.25) is 14.5 Å². The van der Waals surface area contributed by atoms with Gasteiger partial charge in [0.25, 0.3) is 11.8 Å². The Balaban J connectivity index is 1.58. The Hall–Kier alpha value is -3.30. The molecule has 4 rings (SSSR count). The maximum absolute atomic E-state index is 13.6. The van der Waals surface area contributed by atoms with E-state index >= 15 is 0 Å². The predicted molar refractivity (Wildman–Crippen MR) is 117 cm³/mol. The number of nitrogens with zero attached hydrogens (tertiary/aromatic N) is 4. The molecule has 164 valence electrons. The van der Waals surface area contributed by atoms with Crippen molar-refractivity contribution in [1.82, 2.24) is 20.3 Å². The monoisotopic (exact) mass is 475 g/mol. The number of rotatable bonds is 3. The first-order valence-electron chi connectivity index (χ1n) is 9.40. The van der Waals surface area contributed by atoms with Crippen LogP contribution in [0.1, 0.15) is 16.2 Å². The number of pyridine rings is 1. The standard InChI is InChI=1S/C21H16Cl2FN5O3/c1-10-5-11(3-4-14(10)24)17-13(23)8-25-18(28-17)20(30)27-15-9-32-16-6-12(22)7-26-19(16)29(2)21(15)31/h3-8,15H,9H2,1-2H3,(H,27,30)/t15-/m0/s1. The van der Waals surface area contributed by atoms with Crippen molar-refractivity contribution in [3.8, 4) is 17.0 Å². The molecule has 0 unspecified atom stereocenters. The van der Waals surface area contributed by atoms with Crippen LogP contribution in [0.2, 0.25) is 10.0 Å². The number of ether oxygens (including phenoxy) is 1. The van der Waals surface area contributed by atoms with Crippen molar-refractivity contribution in [3.05, 3.63) is 63.9 Å². The third kappa shape index (κ3) is 4.21. The van der Waals surface area contributed by atoms with E-state index in [-0.39, 0.29) is 34.8 Å². The maximum atomic E-state index is 13.6. The molecule has 8 nitrogen and oxygen atoms in total. The van der Waals surface area contributed by atoms with Gasteiger partial charge in [-0.05, 0) is 30.7 Å². The molecule has 0 bridgehead atoms. The fraction of sp³-hybridized carbons (Fsp3) is 0.190. The number of aryl methyl sites for hydroxylation is 1. The molecule has 3 heterocycles. The number of fused-ring (bicyclic) bond motifs is 1. The summed E-state index contributed by atoms with van der Waals surface area (Å²) in [4.78, 5) is 39.2. The fourth-order valence-corrected chi connectivity index (χ4v) is 3.50. The predicted octanol–water partition coefficient (Wildman–Crippen LogP) is 3.45. The molecule has 0 aliphatic carbocycles. The van der Waals surface area contributed by atoms with Crippen molar-refractivity contribution in [3.63, 3.8) is 0 Å². The summed E-state index contributed by atoms with van der Waals surface area (Å²) in [5.41, 5.74) is 1.19. The second-order valence-corrected chi connectivity index (χ2v) is 7.91. The average molecular weight is 476 g/mol. The van der Waals surface area contributed by atoms with Crippen molar-refractivity contribution in [2.75, 3.05) is 18.6 Å². The van der Waals surface area contributed by atoms with E-state index in [4.69, 9.17) is 27.9 Å². The summed E-state index contributed by atoms with van der Waals surface area (Å²) in [6.45, 7) is 1.47. The molecule has 1 aromatic carbocycles. The van der Waals surface area contributed by atoms with E-state index < -0.39 is 17.9 Å². The summed E-state index contributed by atoms with van der Waals surface area (Å²) >= 11 is 12.1. The Labute approximate surface area is 192 Å². The number of carbonyl (C=O) groups is 2. The number of anilines is 1. The molecule has 32 heavy (non-hydrogen) atoms. The topological polar surface area (TPSA) is 97.3 Å². The lowest BCUT2D eigenvalue weighted by molar-refractivity contribution is -0.120. The van der Waals surface area contributed by atoms with E-state index in [1.165, 1.54) is 42.5 Å². The molecule has 0 saturated carbocycles. The largest absolute Gasteiger partial charge is 0.487 e. The van der Waals surface area contributed by atoms with Crippen LogP contribution in [-0.2, 0) is 4.79 Å². The van der Waals surface area contributed by atoms with Gasteiger partial charge in [0, 0.05) is 24.9 Å². The molecule has 2 aromatic heterocycles. The van der Waals surface area contributed by atoms with Crippen LogP contribution < -0.4 is 15.0 Å². The lowest BCUT2D eigenvalue weighted by atomic mass is 10.1. The molecule has 0 fully saturated rings. The first kappa shape index (κ1) is 21.9. The van der Waals surface area contributed by atoms with Crippen LogP contribution in [0.15, 0.2) is 36.7 Å². The molecular weight excluding hydrogens is 460 g/mol. The molecule has 1 atom stereocenters. The smallest absolute Gasteiger partial charge is 0.289 e. The Morgan fingerprint density at radius 3 is 2.78 bits per heavy atom. The van der Waals surface area contributed by atoms with Gasteiger partial charge in [0.2, 0.25) is 5.82 Å². The minimum atomic E-state index is -1.02. The highest BCUT2D eigenvalue weighted by Crippen LogP contribution is 2.31. The van der Waals surface area contributed by atoms with Crippen LogP contribution in [0.25, 0.3) is 11.3 Å². The van der Waals surface area contributed by atoms with E-state index in [1.807, 2.05) is 0 Å². The minimum Gasteiger partial charge on any atom is -0.487 e. The van der Waals surface area contributed by atoms with Gasteiger partial charge in [-0.2, -0.15) is 0 Å². The number of nitrogens with one attached hydrogen (secondary N) is 1. The van der Waals surface area contributed by atoms with E-state index in [0.717, 1.165) is 0 Å². The highest BCUT2D eigenvalue weighted by molar-refractivity contribution is 6.33. The van der Waals surface area contributed by atoms with Crippen molar-refractivity contribution >= 4 is 40.8 Å². The van der Waals surface area contributed by atoms with Crippen LogP contribution in [-0.4, -0.2) is 46.5 Å². The molecule has 1 aliphatic rings. The van der Waals surface area contributed by atoms with E-state index in [2.05, 4.69) is 20.3 Å². The zero-order valence-corrected chi connectivity index (χ0v) is 18.4. The van der Waals surface area contributed by atoms with Crippen molar-refractivity contribution in [1.29, 1.82) is 0 Å². The fourth-order valence-electron chi connectivity index (χ4n) is 3.15. The number of amides is 2. The highest BCUT2D eigenvalue weighted by atomic mass is 35.5. The maximum Gasteiger partial charge on any atom is 0.289 e. The molecule has 0 saturated heterocycles. The SMILES string of the molecule is Cc1cc(-c2nc(C(=O)N[C@H]3COc4cc(Cl)cnc4N(C)C3=O)ncc2Cl)ccc1F. The Morgan fingerprint density at radius 2 is 2.03 bits per heavy atom. The van der Waals surface area contributed by atoms with Crippen LogP contribution in [0.5, 0.6) is 5.75 Å². The normalized spacial score (nSPS) is 15.6. The van der Waals surface area contributed by atoms with Gasteiger partial charge >= 0.3 is 0 Å². The van der Waals surface area contributed by atoms with Gasteiger partial charge in [-0.15, -0.1) is 0 Å². The van der Waals surface area contributed by atoms with Crippen LogP contribution in [0.4, 0.5) is 10.2 Å². The Morgan fingerprint density at radius 1 is 1.25 bits per heavy atom. The summed E-state index contributed by atoms with van der Waals surface area (Å²) in [6.07, 6.45) is 2.67. The van der Waals surface area contributed by atoms with Crippen molar-refractivity contribution < 1.29 is 18.7 Å². The molecule has 1 N–H and O–H groups in total. The molecule has 0 radical (unpaired) electrons. The van der Waals surface area contributed by atoms with E-state index in [9.17, 15) is 14.0 Å². The third-order valence-corrected chi connectivity index (χ3v) is 5.32. The molecule has 0 spiro atoms. The summed E-state index contributed by atoms with van der Waals surface area (Å²) in [7, 11) is 1.52. The zero-order valence-electron chi connectivity index (χ0n) is 16.9. The molecule has 11 heteroatoms. The number of likely N-dealkylation sites (N-methyl/N-ethyl adjacent to an activating group) is 1. The first-order valence-corrected chi connectivity index (χ1v) is 10.2. The van der Waals surface area contributed by atoms with Crippen LogP contribution >= 0.6 is 23.2 Å². The lowest BCUT2D eigenvalue weighted by Crippen LogP contribution is -2.49. The third-order valence-electron chi connectivity index (χ3n) is 4.84. The highest BCUT2D eigenvalue weighted by Gasteiger charge is 2.32. The zero-order chi connectivity index (χ0) is 23.0. The van der Waals surface area contributed by atoms with Gasteiger partial charge in [0.1, 0.15) is 18.5 Å². The molecule has 3 aromatic rings. The number of carbonyl (C=O) groups excluding carboxylic acids is 2. The second-order valence-electron chi connectivity index (χ2n) is 7.06. The number of halogens is 3. The molecule has 1 aliphatic heterocycles. The number of hydrogen-bond donors (Lipinski definition) is 1.